The van der Waals surface area contributed by atoms with Crippen molar-refractivity contribution in [2.24, 2.45) is 5.73 Å². The van der Waals surface area contributed by atoms with Gasteiger partial charge in [0.1, 0.15) is 0 Å². The first-order valence-corrected chi connectivity index (χ1v) is 7.38. The number of amides is 1. The van der Waals surface area contributed by atoms with E-state index in [4.69, 9.17) is 5.73 Å². The van der Waals surface area contributed by atoms with Crippen LogP contribution in [0.15, 0.2) is 54.6 Å². The van der Waals surface area contributed by atoms with Gasteiger partial charge in [0.2, 0.25) is 5.91 Å². The van der Waals surface area contributed by atoms with Crippen LogP contribution < -0.4 is 11.1 Å². The molecule has 0 saturated heterocycles. The third-order valence-corrected chi connectivity index (χ3v) is 3.55. The van der Waals surface area contributed by atoms with Gasteiger partial charge in [0.15, 0.2) is 0 Å². The second-order valence-corrected chi connectivity index (χ2v) is 5.17. The molecule has 0 aliphatic heterocycles. The predicted molar refractivity (Wildman–Crippen MR) is 87.2 cm³/mol. The average Bonchev–Trinajstić information content (AvgIpc) is 2.54. The van der Waals surface area contributed by atoms with Crippen molar-refractivity contribution in [1.82, 2.24) is 0 Å². The normalized spacial score (nSPS) is 11.9. The van der Waals surface area contributed by atoms with Crippen molar-refractivity contribution < 1.29 is 4.79 Å². The van der Waals surface area contributed by atoms with Crippen LogP contribution in [0, 0.1) is 0 Å². The number of rotatable bonds is 6. The van der Waals surface area contributed by atoms with E-state index in [1.54, 1.807) is 0 Å². The fourth-order valence-electron chi connectivity index (χ4n) is 2.16. The second kappa shape index (κ2) is 7.60. The Labute approximate surface area is 126 Å². The molecule has 0 unspecified atom stereocenters. The molecule has 0 heterocycles. The van der Waals surface area contributed by atoms with Crippen molar-refractivity contribution in [2.45, 2.75) is 32.2 Å². The molecule has 110 valence electrons. The van der Waals surface area contributed by atoms with Gasteiger partial charge >= 0.3 is 0 Å². The predicted octanol–water partition coefficient (Wildman–Crippen LogP) is 3.15. The molecule has 1 amide bonds. The zero-order valence-corrected chi connectivity index (χ0v) is 12.4. The van der Waals surface area contributed by atoms with E-state index in [0.717, 1.165) is 18.5 Å². The first-order valence-electron chi connectivity index (χ1n) is 7.38. The Balaban J connectivity index is 1.84. The van der Waals surface area contributed by atoms with Crippen molar-refractivity contribution in [1.29, 1.82) is 0 Å². The molecule has 0 fully saturated rings. The molecule has 3 heteroatoms. The molecule has 0 radical (unpaired) electrons. The summed E-state index contributed by atoms with van der Waals surface area (Å²) in [5.41, 5.74) is 9.21. The van der Waals surface area contributed by atoms with Crippen molar-refractivity contribution in [3.63, 3.8) is 0 Å². The molecule has 2 rings (SSSR count). The number of hydrogen-bond donors (Lipinski definition) is 2. The minimum absolute atomic E-state index is 0.129. The number of anilines is 1. The van der Waals surface area contributed by atoms with Crippen LogP contribution in [-0.2, 0) is 17.6 Å². The van der Waals surface area contributed by atoms with E-state index in [1.165, 1.54) is 11.1 Å². The molecule has 2 aromatic rings. The first-order chi connectivity index (χ1) is 10.2. The van der Waals surface area contributed by atoms with Crippen LogP contribution in [-0.4, -0.2) is 11.9 Å². The third kappa shape index (κ3) is 4.72. The van der Waals surface area contributed by atoms with E-state index in [1.807, 2.05) is 54.6 Å². The number of aryl methyl sites for hydroxylation is 2. The Morgan fingerprint density at radius 3 is 2.33 bits per heavy atom. The number of hydrogen-bond acceptors (Lipinski definition) is 2. The second-order valence-electron chi connectivity index (χ2n) is 5.17. The summed E-state index contributed by atoms with van der Waals surface area (Å²) in [5.74, 6) is -0.129. The van der Waals surface area contributed by atoms with Crippen LogP contribution in [0.5, 0.6) is 0 Å². The van der Waals surface area contributed by atoms with Gasteiger partial charge in [-0.15, -0.1) is 0 Å². The van der Waals surface area contributed by atoms with Gasteiger partial charge in [0, 0.05) is 5.69 Å². The summed E-state index contributed by atoms with van der Waals surface area (Å²) in [6, 6.07) is 17.5. The van der Waals surface area contributed by atoms with Crippen LogP contribution in [0.4, 0.5) is 5.69 Å². The molecule has 0 aromatic heterocycles. The minimum Gasteiger partial charge on any atom is -0.325 e. The quantitative estimate of drug-likeness (QED) is 0.855. The fourth-order valence-corrected chi connectivity index (χ4v) is 2.16. The number of benzene rings is 2. The Hall–Kier alpha value is -2.13. The lowest BCUT2D eigenvalue weighted by atomic mass is 10.1. The van der Waals surface area contributed by atoms with E-state index >= 15 is 0 Å². The Morgan fingerprint density at radius 1 is 1.05 bits per heavy atom. The van der Waals surface area contributed by atoms with Crippen molar-refractivity contribution in [2.75, 3.05) is 5.32 Å². The number of nitrogens with two attached hydrogens (primary N) is 1. The highest BCUT2D eigenvalue weighted by atomic mass is 16.2. The molecule has 0 bridgehead atoms. The van der Waals surface area contributed by atoms with Crippen LogP contribution in [0.3, 0.4) is 0 Å². The molecule has 2 aromatic carbocycles. The van der Waals surface area contributed by atoms with Gasteiger partial charge in [0.05, 0.1) is 6.04 Å². The largest absolute Gasteiger partial charge is 0.325 e. The zero-order chi connectivity index (χ0) is 15.1. The molecule has 0 saturated carbocycles. The van der Waals surface area contributed by atoms with Gasteiger partial charge in [-0.25, -0.2) is 0 Å². The van der Waals surface area contributed by atoms with Crippen molar-refractivity contribution in [3.05, 3.63) is 65.7 Å². The molecule has 3 nitrogen and oxygen atoms in total. The van der Waals surface area contributed by atoms with Crippen molar-refractivity contribution >= 4 is 11.6 Å². The van der Waals surface area contributed by atoms with Gasteiger partial charge in [-0.05, 0) is 42.5 Å². The molecule has 0 spiro atoms. The summed E-state index contributed by atoms with van der Waals surface area (Å²) >= 11 is 0. The van der Waals surface area contributed by atoms with Crippen LogP contribution >= 0.6 is 0 Å². The summed E-state index contributed by atoms with van der Waals surface area (Å²) in [4.78, 5) is 12.1. The van der Waals surface area contributed by atoms with Crippen molar-refractivity contribution in [3.8, 4) is 0 Å². The highest BCUT2D eigenvalue weighted by Gasteiger charge is 2.13. The third-order valence-electron chi connectivity index (χ3n) is 3.55. The maximum atomic E-state index is 12.1. The lowest BCUT2D eigenvalue weighted by Crippen LogP contribution is -2.36. The highest BCUT2D eigenvalue weighted by Crippen LogP contribution is 2.11. The number of carbonyl (C=O) groups excluding carboxylic acids is 1. The van der Waals surface area contributed by atoms with E-state index in [-0.39, 0.29) is 5.91 Å². The molecular weight excluding hydrogens is 260 g/mol. The van der Waals surface area contributed by atoms with Crippen LogP contribution in [0.25, 0.3) is 0 Å². The number of nitrogens with one attached hydrogen (secondary N) is 1. The monoisotopic (exact) mass is 282 g/mol. The van der Waals surface area contributed by atoms with E-state index in [9.17, 15) is 4.79 Å². The van der Waals surface area contributed by atoms with Crippen LogP contribution in [0.2, 0.25) is 0 Å². The average molecular weight is 282 g/mol. The zero-order valence-electron chi connectivity index (χ0n) is 12.4. The molecular formula is C18H22N2O. The Bertz CT molecular complexity index is 564. The molecule has 1 atom stereocenters. The van der Waals surface area contributed by atoms with Gasteiger partial charge in [-0.1, -0.05) is 49.4 Å². The lowest BCUT2D eigenvalue weighted by molar-refractivity contribution is -0.117. The number of carbonyl (C=O) groups is 1. The van der Waals surface area contributed by atoms with Gasteiger partial charge < -0.3 is 11.1 Å². The first kappa shape index (κ1) is 15.3. The maximum absolute atomic E-state index is 12.1. The fraction of sp³-hybridized carbons (Fsp3) is 0.278. The Morgan fingerprint density at radius 2 is 1.71 bits per heavy atom. The van der Waals surface area contributed by atoms with E-state index < -0.39 is 6.04 Å². The molecule has 3 N–H and O–H groups in total. The topological polar surface area (TPSA) is 55.1 Å². The molecule has 0 aliphatic carbocycles. The summed E-state index contributed by atoms with van der Waals surface area (Å²) in [6.07, 6.45) is 2.44. The van der Waals surface area contributed by atoms with Crippen LogP contribution in [0.1, 0.15) is 24.5 Å². The summed E-state index contributed by atoms with van der Waals surface area (Å²) in [6.45, 7) is 2.10. The molecule has 21 heavy (non-hydrogen) atoms. The van der Waals surface area contributed by atoms with E-state index in [0.29, 0.717) is 6.42 Å². The molecule has 0 aliphatic rings. The lowest BCUT2D eigenvalue weighted by Gasteiger charge is -2.12. The highest BCUT2D eigenvalue weighted by molar-refractivity contribution is 5.94. The summed E-state index contributed by atoms with van der Waals surface area (Å²) in [5, 5.41) is 2.87. The minimum atomic E-state index is -0.490. The summed E-state index contributed by atoms with van der Waals surface area (Å²) < 4.78 is 0. The van der Waals surface area contributed by atoms with Gasteiger partial charge in [-0.2, -0.15) is 0 Å². The van der Waals surface area contributed by atoms with Gasteiger partial charge in [0.25, 0.3) is 0 Å². The standard InChI is InChI=1S/C18H22N2O/c1-2-14-8-11-16(12-9-14)20-18(21)17(19)13-10-15-6-4-3-5-7-15/h3-9,11-12,17H,2,10,13,19H2,1H3,(H,20,21)/t17-/m0/s1. The van der Waals surface area contributed by atoms with E-state index in [2.05, 4.69) is 12.2 Å². The summed E-state index contributed by atoms with van der Waals surface area (Å²) in [7, 11) is 0. The SMILES string of the molecule is CCc1ccc(NC(=O)[C@@H](N)CCc2ccccc2)cc1. The van der Waals surface area contributed by atoms with Gasteiger partial charge in [-0.3, -0.25) is 4.79 Å². The maximum Gasteiger partial charge on any atom is 0.241 e. The smallest absolute Gasteiger partial charge is 0.241 e. The Kier molecular flexibility index (Phi) is 5.52.